The van der Waals surface area contributed by atoms with Gasteiger partial charge in [-0.2, -0.15) is 13.2 Å². The van der Waals surface area contributed by atoms with Crippen LogP contribution in [0.4, 0.5) is 18.9 Å². The van der Waals surface area contributed by atoms with Gasteiger partial charge in [-0.25, -0.2) is 9.59 Å². The molecule has 1 fully saturated rings. The molecule has 1 saturated heterocycles. The number of nitrogens with one attached hydrogen (secondary N) is 1. The van der Waals surface area contributed by atoms with Crippen LogP contribution in [0.1, 0.15) is 39.9 Å². The number of thiophene rings is 1. The molecule has 0 aliphatic carbocycles. The highest BCUT2D eigenvalue weighted by Crippen LogP contribution is 2.32. The van der Waals surface area contributed by atoms with Crippen molar-refractivity contribution in [2.24, 2.45) is 0 Å². The molecule has 1 aromatic heterocycles. The van der Waals surface area contributed by atoms with Crippen LogP contribution < -0.4 is 10.2 Å². The molecule has 1 amide bonds. The van der Waals surface area contributed by atoms with E-state index in [-0.39, 0.29) is 11.7 Å². The third-order valence-electron chi connectivity index (χ3n) is 5.61. The lowest BCUT2D eigenvalue weighted by atomic mass is 10.1. The molecular weight excluding hydrogens is 539 g/mol. The summed E-state index contributed by atoms with van der Waals surface area (Å²) in [5.74, 6) is -2.52. The number of amides is 1. The van der Waals surface area contributed by atoms with Crippen LogP contribution in [0.3, 0.4) is 0 Å². The number of carbonyl (C=O) groups excluding carboxylic acids is 2. The molecule has 1 aliphatic rings. The van der Waals surface area contributed by atoms with E-state index in [1.54, 1.807) is 12.1 Å². The van der Waals surface area contributed by atoms with E-state index in [9.17, 15) is 32.3 Å². The smallest absolute Gasteiger partial charge is 0.416 e. The third kappa shape index (κ3) is 11.7. The van der Waals surface area contributed by atoms with E-state index in [0.717, 1.165) is 37.0 Å². The average molecular weight is 570 g/mol. The van der Waals surface area contributed by atoms with E-state index in [1.807, 2.05) is 11.0 Å². The molecule has 13 heteroatoms. The predicted octanol–water partition coefficient (Wildman–Crippen LogP) is 3.90. The van der Waals surface area contributed by atoms with Crippen molar-refractivity contribution in [3.63, 3.8) is 0 Å². The molecule has 9 nitrogen and oxygen atoms in total. The first-order valence-corrected chi connectivity index (χ1v) is 12.8. The van der Waals surface area contributed by atoms with Gasteiger partial charge in [0.2, 0.25) is 5.91 Å². The SMILES string of the molecule is CC(=O)NCc1ccc(C(=O)CCCN2CCN(c3cccc(C(F)(F)F)c3)CC2)s1.O=C(O)/C=C/C(=O)O. The van der Waals surface area contributed by atoms with Gasteiger partial charge in [-0.3, -0.25) is 14.5 Å². The number of carbonyl (C=O) groups is 4. The second kappa shape index (κ2) is 15.0. The summed E-state index contributed by atoms with van der Waals surface area (Å²) in [6.45, 7) is 5.50. The molecule has 0 spiro atoms. The lowest BCUT2D eigenvalue weighted by Crippen LogP contribution is -2.46. The minimum atomic E-state index is -4.34. The molecule has 2 aromatic rings. The van der Waals surface area contributed by atoms with Crippen molar-refractivity contribution >= 4 is 40.7 Å². The Morgan fingerprint density at radius 2 is 1.64 bits per heavy atom. The number of alkyl halides is 3. The minimum Gasteiger partial charge on any atom is -0.478 e. The van der Waals surface area contributed by atoms with E-state index in [1.165, 1.54) is 30.4 Å². The maximum atomic E-state index is 12.9. The summed E-state index contributed by atoms with van der Waals surface area (Å²) < 4.78 is 38.8. The maximum absolute atomic E-state index is 12.9. The standard InChI is InChI=1S/C22H26F3N3O2S.C4H4O4/c1-16(29)26-15-19-7-8-21(31-19)20(30)6-3-9-27-10-12-28(13-11-27)18-5-2-4-17(14-18)22(23,24)25;5-3(6)1-2-4(7)8/h2,4-5,7-8,14H,3,6,9-13,15H2,1H3,(H,26,29);1-2H,(H,5,6)(H,7,8)/b;2-1+. The number of hydrogen-bond donors (Lipinski definition) is 3. The van der Waals surface area contributed by atoms with Crippen LogP contribution in [0.15, 0.2) is 48.6 Å². The first kappa shape index (κ1) is 31.5. The molecule has 0 unspecified atom stereocenters. The molecular formula is C26H30F3N3O6S. The Labute approximate surface area is 227 Å². The zero-order valence-electron chi connectivity index (χ0n) is 21.2. The van der Waals surface area contributed by atoms with Crippen molar-refractivity contribution in [3.05, 3.63) is 63.9 Å². The quantitative estimate of drug-likeness (QED) is 0.291. The summed E-state index contributed by atoms with van der Waals surface area (Å²) in [4.78, 5) is 48.3. The first-order valence-electron chi connectivity index (χ1n) is 12.0. The van der Waals surface area contributed by atoms with E-state index < -0.39 is 23.7 Å². The lowest BCUT2D eigenvalue weighted by molar-refractivity contribution is -0.137. The fourth-order valence-electron chi connectivity index (χ4n) is 3.67. The van der Waals surface area contributed by atoms with Gasteiger partial charge in [-0.15, -0.1) is 11.3 Å². The summed E-state index contributed by atoms with van der Waals surface area (Å²) in [6.07, 6.45) is -2.03. The van der Waals surface area contributed by atoms with E-state index in [4.69, 9.17) is 10.2 Å². The molecule has 0 bridgehead atoms. The van der Waals surface area contributed by atoms with Gasteiger partial charge in [0.15, 0.2) is 5.78 Å². The molecule has 1 aromatic carbocycles. The molecule has 3 rings (SSSR count). The summed E-state index contributed by atoms with van der Waals surface area (Å²) in [5.41, 5.74) is -0.0304. The molecule has 39 heavy (non-hydrogen) atoms. The fourth-order valence-corrected chi connectivity index (χ4v) is 4.59. The van der Waals surface area contributed by atoms with Crippen LogP contribution >= 0.6 is 11.3 Å². The van der Waals surface area contributed by atoms with Crippen molar-refractivity contribution in [2.75, 3.05) is 37.6 Å². The van der Waals surface area contributed by atoms with Crippen molar-refractivity contribution < 1.29 is 42.6 Å². The van der Waals surface area contributed by atoms with Crippen LogP contribution in [0.5, 0.6) is 0 Å². The number of carboxylic acids is 2. The number of anilines is 1. The Hall–Kier alpha value is -3.71. The number of benzene rings is 1. The van der Waals surface area contributed by atoms with Gasteiger partial charge in [0.25, 0.3) is 0 Å². The Bertz CT molecular complexity index is 1160. The number of nitrogens with zero attached hydrogens (tertiary/aromatic N) is 2. The van der Waals surface area contributed by atoms with Gasteiger partial charge in [0.05, 0.1) is 17.0 Å². The molecule has 1 aliphatic heterocycles. The molecule has 0 atom stereocenters. The third-order valence-corrected chi connectivity index (χ3v) is 6.73. The molecule has 2 heterocycles. The Kier molecular flexibility index (Phi) is 12.1. The number of hydrogen-bond acceptors (Lipinski definition) is 7. The molecule has 3 N–H and O–H groups in total. The number of rotatable bonds is 10. The number of aliphatic carboxylic acids is 2. The van der Waals surface area contributed by atoms with Crippen LogP contribution in [0, 0.1) is 0 Å². The zero-order valence-corrected chi connectivity index (χ0v) is 22.1. The van der Waals surface area contributed by atoms with Gasteiger partial charge in [-0.1, -0.05) is 6.07 Å². The summed E-state index contributed by atoms with van der Waals surface area (Å²) >= 11 is 1.41. The van der Waals surface area contributed by atoms with Crippen molar-refractivity contribution in [2.45, 2.75) is 32.5 Å². The van der Waals surface area contributed by atoms with Crippen molar-refractivity contribution in [1.82, 2.24) is 10.2 Å². The Balaban J connectivity index is 0.000000580. The fraction of sp³-hybridized carbons (Fsp3) is 0.385. The van der Waals surface area contributed by atoms with Gasteiger partial charge in [0.1, 0.15) is 0 Å². The molecule has 0 saturated carbocycles. The maximum Gasteiger partial charge on any atom is 0.416 e. The number of halogens is 3. The number of ketones is 1. The number of carboxylic acid groups (broad SMARTS) is 2. The number of piperazine rings is 1. The van der Waals surface area contributed by atoms with Crippen LogP contribution in [-0.4, -0.2) is 71.5 Å². The minimum absolute atomic E-state index is 0.0988. The van der Waals surface area contributed by atoms with Gasteiger partial charge >= 0.3 is 18.1 Å². The van der Waals surface area contributed by atoms with Gasteiger partial charge in [0, 0.05) is 62.2 Å². The Morgan fingerprint density at radius 3 is 2.21 bits per heavy atom. The normalized spacial score (nSPS) is 14.0. The number of Topliss-reactive ketones (excluding diaryl/α,β-unsaturated/α-hetero) is 1. The zero-order chi connectivity index (χ0) is 29.0. The summed E-state index contributed by atoms with van der Waals surface area (Å²) in [6, 6.07) is 9.12. The molecule has 212 valence electrons. The topological polar surface area (TPSA) is 127 Å². The largest absolute Gasteiger partial charge is 0.478 e. The predicted molar refractivity (Wildman–Crippen MR) is 140 cm³/mol. The first-order chi connectivity index (χ1) is 18.3. The second-order valence-electron chi connectivity index (χ2n) is 8.59. The van der Waals surface area contributed by atoms with Crippen molar-refractivity contribution in [3.8, 4) is 0 Å². The van der Waals surface area contributed by atoms with E-state index >= 15 is 0 Å². The van der Waals surface area contributed by atoms with Gasteiger partial charge < -0.3 is 20.4 Å². The average Bonchev–Trinajstić information content (AvgIpc) is 3.36. The van der Waals surface area contributed by atoms with Crippen molar-refractivity contribution in [1.29, 1.82) is 0 Å². The highest BCUT2D eigenvalue weighted by Gasteiger charge is 2.31. The summed E-state index contributed by atoms with van der Waals surface area (Å²) in [7, 11) is 0. The second-order valence-corrected chi connectivity index (χ2v) is 9.76. The molecule has 0 radical (unpaired) electrons. The summed E-state index contributed by atoms with van der Waals surface area (Å²) in [5, 5.41) is 18.3. The Morgan fingerprint density at radius 1 is 1.00 bits per heavy atom. The lowest BCUT2D eigenvalue weighted by Gasteiger charge is -2.36. The van der Waals surface area contributed by atoms with Crippen LogP contribution in [0.25, 0.3) is 0 Å². The van der Waals surface area contributed by atoms with Crippen LogP contribution in [-0.2, 0) is 27.1 Å². The van der Waals surface area contributed by atoms with Crippen LogP contribution in [0.2, 0.25) is 0 Å². The highest BCUT2D eigenvalue weighted by molar-refractivity contribution is 7.14. The van der Waals surface area contributed by atoms with E-state index in [2.05, 4.69) is 10.2 Å². The van der Waals surface area contributed by atoms with Gasteiger partial charge in [-0.05, 0) is 43.3 Å². The monoisotopic (exact) mass is 569 g/mol. The highest BCUT2D eigenvalue weighted by atomic mass is 32.1. The van der Waals surface area contributed by atoms with E-state index in [0.29, 0.717) is 48.8 Å².